The molecule has 3 rings (SSSR count). The van der Waals surface area contributed by atoms with Gasteiger partial charge in [-0.1, -0.05) is 6.07 Å². The highest BCUT2D eigenvalue weighted by Gasteiger charge is 2.43. The first-order valence-electron chi connectivity index (χ1n) is 9.55. The van der Waals surface area contributed by atoms with E-state index in [1.807, 2.05) is 25.1 Å². The lowest BCUT2D eigenvalue weighted by Gasteiger charge is -2.45. The van der Waals surface area contributed by atoms with E-state index in [2.05, 4.69) is 10.1 Å². The number of pyridine rings is 1. The number of likely N-dealkylation sites (tertiary alicyclic amines) is 1. The first kappa shape index (κ1) is 20.4. The Labute approximate surface area is 164 Å². The molecule has 2 aromatic rings. The minimum absolute atomic E-state index is 0.142. The first-order valence-corrected chi connectivity index (χ1v) is 9.55. The van der Waals surface area contributed by atoms with Crippen molar-refractivity contribution in [2.75, 3.05) is 33.4 Å². The van der Waals surface area contributed by atoms with Crippen molar-refractivity contribution < 1.29 is 19.7 Å². The quantitative estimate of drug-likeness (QED) is 0.691. The van der Waals surface area contributed by atoms with Crippen molar-refractivity contribution in [3.8, 4) is 5.82 Å². The van der Waals surface area contributed by atoms with Gasteiger partial charge in [0.2, 0.25) is 0 Å². The van der Waals surface area contributed by atoms with Gasteiger partial charge in [-0.05, 0) is 38.3 Å². The van der Waals surface area contributed by atoms with Crippen LogP contribution in [0.25, 0.3) is 5.82 Å². The molecule has 2 atom stereocenters. The maximum absolute atomic E-state index is 13.2. The number of carbonyl (C=O) groups is 1. The van der Waals surface area contributed by atoms with Crippen LogP contribution in [0.2, 0.25) is 0 Å². The van der Waals surface area contributed by atoms with Crippen LogP contribution in [0.1, 0.15) is 35.3 Å². The molecule has 1 saturated heterocycles. The van der Waals surface area contributed by atoms with E-state index < -0.39 is 11.5 Å². The van der Waals surface area contributed by atoms with Gasteiger partial charge in [0.1, 0.15) is 0 Å². The van der Waals surface area contributed by atoms with Crippen molar-refractivity contribution in [3.05, 3.63) is 41.9 Å². The summed E-state index contributed by atoms with van der Waals surface area (Å²) in [5, 5.41) is 24.9. The molecule has 0 radical (unpaired) electrons. The number of methoxy groups -OCH3 is 1. The second-order valence-electron chi connectivity index (χ2n) is 7.39. The predicted molar refractivity (Wildman–Crippen MR) is 103 cm³/mol. The zero-order valence-corrected chi connectivity index (χ0v) is 16.4. The Kier molecular flexibility index (Phi) is 6.43. The average molecular weight is 388 g/mol. The van der Waals surface area contributed by atoms with Gasteiger partial charge in [0.15, 0.2) is 5.82 Å². The van der Waals surface area contributed by atoms with Crippen LogP contribution in [-0.2, 0) is 4.74 Å². The Balaban J connectivity index is 1.80. The van der Waals surface area contributed by atoms with E-state index in [1.165, 1.54) is 0 Å². The number of ether oxygens (including phenoxy) is 1. The van der Waals surface area contributed by atoms with E-state index in [1.54, 1.807) is 29.1 Å². The monoisotopic (exact) mass is 388 g/mol. The second kappa shape index (κ2) is 8.81. The highest BCUT2D eigenvalue weighted by Crippen LogP contribution is 2.35. The molecule has 0 bridgehead atoms. The molecule has 2 aromatic heterocycles. The van der Waals surface area contributed by atoms with Crippen LogP contribution < -0.4 is 0 Å². The van der Waals surface area contributed by atoms with Crippen molar-refractivity contribution in [2.24, 2.45) is 5.41 Å². The van der Waals surface area contributed by atoms with E-state index in [-0.39, 0.29) is 12.5 Å². The summed E-state index contributed by atoms with van der Waals surface area (Å²) in [5.41, 5.74) is 0.492. The molecule has 8 nitrogen and oxygen atoms in total. The summed E-state index contributed by atoms with van der Waals surface area (Å²) >= 11 is 0. The molecule has 2 N–H and O–H groups in total. The normalized spacial score (nSPS) is 22.4. The van der Waals surface area contributed by atoms with Crippen molar-refractivity contribution in [2.45, 2.75) is 32.3 Å². The molecule has 28 heavy (non-hydrogen) atoms. The zero-order valence-electron chi connectivity index (χ0n) is 16.4. The minimum Gasteiger partial charge on any atom is -0.396 e. The number of hydrogen-bond acceptors (Lipinski definition) is 6. The van der Waals surface area contributed by atoms with E-state index in [0.717, 1.165) is 0 Å². The lowest BCUT2D eigenvalue weighted by atomic mass is 9.74. The largest absolute Gasteiger partial charge is 0.396 e. The third-order valence-corrected chi connectivity index (χ3v) is 5.62. The summed E-state index contributed by atoms with van der Waals surface area (Å²) in [6.07, 6.45) is 4.34. The summed E-state index contributed by atoms with van der Waals surface area (Å²) in [6.45, 7) is 2.97. The van der Waals surface area contributed by atoms with Gasteiger partial charge < -0.3 is 19.8 Å². The number of hydrogen-bond donors (Lipinski definition) is 2. The fourth-order valence-electron chi connectivity index (χ4n) is 3.87. The van der Waals surface area contributed by atoms with Crippen molar-refractivity contribution in [1.82, 2.24) is 19.7 Å². The lowest BCUT2D eigenvalue weighted by molar-refractivity contribution is -0.0745. The molecule has 0 saturated carbocycles. The highest BCUT2D eigenvalue weighted by atomic mass is 16.5. The molecular weight excluding hydrogens is 360 g/mol. The van der Waals surface area contributed by atoms with Gasteiger partial charge in [0.05, 0.1) is 30.2 Å². The summed E-state index contributed by atoms with van der Waals surface area (Å²) in [4.78, 5) is 19.2. The topological polar surface area (TPSA) is 101 Å². The van der Waals surface area contributed by atoms with Crippen LogP contribution >= 0.6 is 0 Å². The van der Waals surface area contributed by atoms with Crippen LogP contribution in [0.5, 0.6) is 0 Å². The van der Waals surface area contributed by atoms with Gasteiger partial charge in [0.25, 0.3) is 5.91 Å². The summed E-state index contributed by atoms with van der Waals surface area (Å²) < 4.78 is 6.74. The molecule has 1 aliphatic rings. The van der Waals surface area contributed by atoms with E-state index in [9.17, 15) is 15.0 Å². The Hall–Kier alpha value is -2.29. The molecule has 0 aromatic carbocycles. The van der Waals surface area contributed by atoms with E-state index in [0.29, 0.717) is 56.0 Å². The maximum atomic E-state index is 13.2. The van der Waals surface area contributed by atoms with Crippen LogP contribution in [0.3, 0.4) is 0 Å². The fraction of sp³-hybridized carbons (Fsp3) is 0.550. The summed E-state index contributed by atoms with van der Waals surface area (Å²) in [7, 11) is 1.63. The predicted octanol–water partition coefficient (Wildman–Crippen LogP) is 1.19. The third kappa shape index (κ3) is 3.94. The molecular formula is C20H28N4O4. The SMILES string of the molecule is COCCC[C@@]1(CO)CN(C(=O)c2cnn(-c3ccccn3)c2C)CC[C@H]1O. The van der Waals surface area contributed by atoms with Gasteiger partial charge in [-0.2, -0.15) is 5.10 Å². The van der Waals surface area contributed by atoms with Gasteiger partial charge >= 0.3 is 0 Å². The average Bonchev–Trinajstić information content (AvgIpc) is 3.11. The number of aliphatic hydroxyl groups excluding tert-OH is 2. The standard InChI is InChI=1S/C20H28N4O4/c1-15-16(12-22-24(15)18-6-3-4-9-21-18)19(27)23-10-7-17(26)20(13-23,14-25)8-5-11-28-2/h3-4,6,9,12,17,25-26H,5,7-8,10-11,13-14H2,1-2H3/t17-,20+/m1/s1. The fourth-order valence-corrected chi connectivity index (χ4v) is 3.87. The van der Waals surface area contributed by atoms with E-state index in [4.69, 9.17) is 4.74 Å². The van der Waals surface area contributed by atoms with Crippen molar-refractivity contribution >= 4 is 5.91 Å². The minimum atomic E-state index is -0.725. The van der Waals surface area contributed by atoms with E-state index >= 15 is 0 Å². The number of aliphatic hydroxyl groups is 2. The smallest absolute Gasteiger partial charge is 0.257 e. The van der Waals surface area contributed by atoms with Crippen LogP contribution in [0.4, 0.5) is 0 Å². The number of piperidine rings is 1. The Morgan fingerprint density at radius 3 is 2.93 bits per heavy atom. The Bertz CT molecular complexity index is 795. The van der Waals surface area contributed by atoms with Crippen molar-refractivity contribution in [3.63, 3.8) is 0 Å². The summed E-state index contributed by atoms with van der Waals surface area (Å²) in [6, 6.07) is 5.52. The molecule has 1 fully saturated rings. The zero-order chi connectivity index (χ0) is 20.1. The van der Waals surface area contributed by atoms with Gasteiger partial charge in [-0.15, -0.1) is 0 Å². The molecule has 0 unspecified atom stereocenters. The molecule has 152 valence electrons. The van der Waals surface area contributed by atoms with Gasteiger partial charge in [-0.25, -0.2) is 9.67 Å². The lowest BCUT2D eigenvalue weighted by Crippen LogP contribution is -2.55. The number of aromatic nitrogens is 3. The molecule has 3 heterocycles. The molecule has 0 aliphatic carbocycles. The number of rotatable bonds is 7. The molecule has 8 heteroatoms. The number of carbonyl (C=O) groups excluding carboxylic acids is 1. The molecule has 1 aliphatic heterocycles. The molecule has 0 spiro atoms. The Morgan fingerprint density at radius 2 is 2.25 bits per heavy atom. The number of nitrogens with zero attached hydrogens (tertiary/aromatic N) is 4. The van der Waals surface area contributed by atoms with Crippen LogP contribution in [0.15, 0.2) is 30.6 Å². The highest BCUT2D eigenvalue weighted by molar-refractivity contribution is 5.95. The Morgan fingerprint density at radius 1 is 1.43 bits per heavy atom. The number of amides is 1. The third-order valence-electron chi connectivity index (χ3n) is 5.62. The van der Waals surface area contributed by atoms with Crippen LogP contribution in [0, 0.1) is 12.3 Å². The second-order valence-corrected chi connectivity index (χ2v) is 7.39. The van der Waals surface area contributed by atoms with Gasteiger partial charge in [0, 0.05) is 38.4 Å². The van der Waals surface area contributed by atoms with Crippen LogP contribution in [-0.4, -0.2) is 75.3 Å². The first-order chi connectivity index (χ1) is 13.5. The summed E-state index contributed by atoms with van der Waals surface area (Å²) in [5.74, 6) is 0.508. The molecule has 1 amide bonds. The maximum Gasteiger partial charge on any atom is 0.257 e. The van der Waals surface area contributed by atoms with Crippen molar-refractivity contribution in [1.29, 1.82) is 0 Å². The van der Waals surface area contributed by atoms with Gasteiger partial charge in [-0.3, -0.25) is 4.79 Å².